The molecule has 29 heavy (non-hydrogen) atoms. The number of ether oxygens (including phenoxy) is 1. The molecule has 0 aromatic heterocycles. The van der Waals surface area contributed by atoms with Crippen molar-refractivity contribution in [1.29, 1.82) is 0 Å². The van der Waals surface area contributed by atoms with E-state index in [0.717, 1.165) is 44.4 Å². The van der Waals surface area contributed by atoms with Crippen LogP contribution in [0.3, 0.4) is 0 Å². The lowest BCUT2D eigenvalue weighted by Crippen LogP contribution is -2.43. The lowest BCUT2D eigenvalue weighted by molar-refractivity contribution is -0.137. The number of nitrogens with zero attached hydrogens (tertiary/aromatic N) is 1. The molecule has 0 aliphatic carbocycles. The van der Waals surface area contributed by atoms with E-state index >= 15 is 0 Å². The quantitative estimate of drug-likeness (QED) is 0.520. The maximum absolute atomic E-state index is 12.6. The fourth-order valence-electron chi connectivity index (χ4n) is 3.56. The highest BCUT2D eigenvalue weighted by Crippen LogP contribution is 2.30. The Bertz CT molecular complexity index is 806. The van der Waals surface area contributed by atoms with Crippen LogP contribution in [0, 0.1) is 0 Å². The van der Waals surface area contributed by atoms with E-state index in [1.165, 1.54) is 12.1 Å². The van der Waals surface area contributed by atoms with Gasteiger partial charge in [0.25, 0.3) is 0 Å². The smallest absolute Gasteiger partial charge is 0.416 e. The second-order valence-electron chi connectivity index (χ2n) is 7.21. The molecular formula is C22H23ClF3NO2. The van der Waals surface area contributed by atoms with E-state index in [4.69, 9.17) is 16.3 Å². The number of halogens is 4. The zero-order chi connectivity index (χ0) is 20.9. The molecule has 2 aromatic carbocycles. The van der Waals surface area contributed by atoms with Crippen molar-refractivity contribution in [2.45, 2.75) is 37.9 Å². The Labute approximate surface area is 173 Å². The van der Waals surface area contributed by atoms with Gasteiger partial charge in [0.2, 0.25) is 0 Å². The monoisotopic (exact) mass is 425 g/mol. The number of likely N-dealkylation sites (tertiary alicyclic amines) is 1. The van der Waals surface area contributed by atoms with E-state index in [2.05, 4.69) is 4.90 Å². The first-order valence-electron chi connectivity index (χ1n) is 9.66. The van der Waals surface area contributed by atoms with Gasteiger partial charge in [-0.2, -0.15) is 13.2 Å². The largest absolute Gasteiger partial charge is 0.494 e. The number of carbonyl (C=O) groups excluding carboxylic acids is 1. The summed E-state index contributed by atoms with van der Waals surface area (Å²) < 4.78 is 43.5. The normalized spacial score (nSPS) is 17.9. The summed E-state index contributed by atoms with van der Waals surface area (Å²) in [6.45, 7) is 1.58. The number of ketones is 1. The van der Waals surface area contributed by atoms with Crippen LogP contribution in [0.4, 0.5) is 13.2 Å². The second kappa shape index (κ2) is 9.63. The second-order valence-corrected chi connectivity index (χ2v) is 7.65. The minimum atomic E-state index is -4.35. The fraction of sp³-hybridized carbons (Fsp3) is 0.409. The number of hydrogen-bond acceptors (Lipinski definition) is 3. The Hall–Kier alpha value is -2.05. The number of piperidine rings is 1. The van der Waals surface area contributed by atoms with Crippen LogP contribution >= 0.6 is 11.6 Å². The number of rotatable bonds is 7. The molecule has 2 aromatic rings. The summed E-state index contributed by atoms with van der Waals surface area (Å²) in [5.41, 5.74) is -0.0521. The minimum absolute atomic E-state index is 0.0530. The predicted octanol–water partition coefficient (Wildman–Crippen LogP) is 5.87. The van der Waals surface area contributed by atoms with Gasteiger partial charge in [0.1, 0.15) is 5.75 Å². The summed E-state index contributed by atoms with van der Waals surface area (Å²) in [4.78, 5) is 14.7. The van der Waals surface area contributed by atoms with Crippen molar-refractivity contribution in [3.63, 3.8) is 0 Å². The summed E-state index contributed by atoms with van der Waals surface area (Å²) in [7, 11) is 0. The van der Waals surface area contributed by atoms with Gasteiger partial charge in [-0.1, -0.05) is 18.0 Å². The molecule has 0 radical (unpaired) electrons. The molecule has 0 N–H and O–H groups in total. The average molecular weight is 426 g/mol. The van der Waals surface area contributed by atoms with Gasteiger partial charge in [0.15, 0.2) is 5.78 Å². The number of Topliss-reactive ketones (excluding diaryl/α,β-unsaturated/α-hetero) is 1. The Balaban J connectivity index is 1.52. The van der Waals surface area contributed by atoms with Crippen molar-refractivity contribution in [3.8, 4) is 5.75 Å². The van der Waals surface area contributed by atoms with Crippen LogP contribution in [-0.4, -0.2) is 36.4 Å². The molecule has 0 spiro atoms. The van der Waals surface area contributed by atoms with Crippen molar-refractivity contribution in [2.24, 2.45) is 0 Å². The van der Waals surface area contributed by atoms with Crippen molar-refractivity contribution in [2.75, 3.05) is 19.7 Å². The molecule has 7 heteroatoms. The molecule has 1 fully saturated rings. The highest BCUT2D eigenvalue weighted by Gasteiger charge is 2.30. The van der Waals surface area contributed by atoms with Crippen LogP contribution in [0.15, 0.2) is 48.5 Å². The Morgan fingerprint density at radius 3 is 2.41 bits per heavy atom. The maximum Gasteiger partial charge on any atom is 0.416 e. The van der Waals surface area contributed by atoms with E-state index in [9.17, 15) is 18.0 Å². The topological polar surface area (TPSA) is 29.5 Å². The molecule has 156 valence electrons. The van der Waals surface area contributed by atoms with Gasteiger partial charge < -0.3 is 4.74 Å². The SMILES string of the molecule is O=C(CN1CCCCC1CCOc1ccc(C(F)(F)F)cc1)c1ccc(Cl)cc1. The van der Waals surface area contributed by atoms with Gasteiger partial charge in [0.05, 0.1) is 18.7 Å². The van der Waals surface area contributed by atoms with Crippen LogP contribution in [0.5, 0.6) is 5.75 Å². The third-order valence-corrected chi connectivity index (χ3v) is 5.42. The summed E-state index contributed by atoms with van der Waals surface area (Å²) >= 11 is 5.88. The predicted molar refractivity (Wildman–Crippen MR) is 107 cm³/mol. The first-order valence-corrected chi connectivity index (χ1v) is 10.0. The van der Waals surface area contributed by atoms with Gasteiger partial charge >= 0.3 is 6.18 Å². The Kier molecular flexibility index (Phi) is 7.19. The standard InChI is InChI=1S/C22H23ClF3NO2/c23-18-8-4-16(5-9-18)21(28)15-27-13-2-1-3-19(27)12-14-29-20-10-6-17(7-11-20)22(24,25)26/h4-11,19H,1-3,12-15H2. The van der Waals surface area contributed by atoms with Crippen molar-refractivity contribution in [3.05, 3.63) is 64.7 Å². The molecule has 0 amide bonds. The van der Waals surface area contributed by atoms with E-state index < -0.39 is 11.7 Å². The zero-order valence-corrected chi connectivity index (χ0v) is 16.7. The highest BCUT2D eigenvalue weighted by molar-refractivity contribution is 6.30. The van der Waals surface area contributed by atoms with E-state index in [1.807, 2.05) is 0 Å². The molecule has 1 atom stereocenters. The van der Waals surface area contributed by atoms with Crippen molar-refractivity contribution < 1.29 is 22.7 Å². The van der Waals surface area contributed by atoms with Gasteiger partial charge in [0, 0.05) is 16.6 Å². The van der Waals surface area contributed by atoms with Gasteiger partial charge in [-0.3, -0.25) is 9.69 Å². The summed E-state index contributed by atoms with van der Waals surface area (Å²) in [6.07, 6.45) is -0.516. The minimum Gasteiger partial charge on any atom is -0.494 e. The third kappa shape index (κ3) is 6.21. The van der Waals surface area contributed by atoms with Gasteiger partial charge in [-0.05, 0) is 74.3 Å². The van der Waals surface area contributed by atoms with Gasteiger partial charge in [-0.15, -0.1) is 0 Å². The molecular weight excluding hydrogens is 403 g/mol. The molecule has 1 aliphatic rings. The molecule has 0 bridgehead atoms. The third-order valence-electron chi connectivity index (χ3n) is 5.16. The van der Waals surface area contributed by atoms with Crippen LogP contribution in [0.25, 0.3) is 0 Å². The van der Waals surface area contributed by atoms with Crippen molar-refractivity contribution >= 4 is 17.4 Å². The highest BCUT2D eigenvalue weighted by atomic mass is 35.5. The van der Waals surface area contributed by atoms with Crippen LogP contribution < -0.4 is 4.74 Å². The molecule has 1 aliphatic heterocycles. The molecule has 0 saturated carbocycles. The van der Waals surface area contributed by atoms with E-state index in [1.54, 1.807) is 24.3 Å². The number of hydrogen-bond donors (Lipinski definition) is 0. The summed E-state index contributed by atoms with van der Waals surface area (Å²) in [6, 6.07) is 11.8. The Morgan fingerprint density at radius 1 is 1.07 bits per heavy atom. The number of alkyl halides is 3. The van der Waals surface area contributed by atoms with Crippen LogP contribution in [0.1, 0.15) is 41.6 Å². The first-order chi connectivity index (χ1) is 13.8. The molecule has 3 nitrogen and oxygen atoms in total. The molecule has 3 rings (SSSR count). The van der Waals surface area contributed by atoms with Crippen LogP contribution in [-0.2, 0) is 6.18 Å². The number of benzene rings is 2. The van der Waals surface area contributed by atoms with Gasteiger partial charge in [-0.25, -0.2) is 0 Å². The lowest BCUT2D eigenvalue weighted by atomic mass is 9.98. The molecule has 1 heterocycles. The van der Waals surface area contributed by atoms with Crippen LogP contribution in [0.2, 0.25) is 5.02 Å². The molecule has 1 saturated heterocycles. The summed E-state index contributed by atoms with van der Waals surface area (Å²) in [5.74, 6) is 0.467. The van der Waals surface area contributed by atoms with E-state index in [-0.39, 0.29) is 11.8 Å². The zero-order valence-electron chi connectivity index (χ0n) is 15.9. The number of carbonyl (C=O) groups is 1. The maximum atomic E-state index is 12.6. The van der Waals surface area contributed by atoms with Crippen molar-refractivity contribution in [1.82, 2.24) is 4.90 Å². The molecule has 1 unspecified atom stereocenters. The lowest BCUT2D eigenvalue weighted by Gasteiger charge is -2.35. The summed E-state index contributed by atoms with van der Waals surface area (Å²) in [5, 5.41) is 0.595. The first kappa shape index (κ1) is 21.7. The average Bonchev–Trinajstić information content (AvgIpc) is 2.69. The van der Waals surface area contributed by atoms with E-state index in [0.29, 0.717) is 29.5 Å². The Morgan fingerprint density at radius 2 is 1.76 bits per heavy atom. The fourth-order valence-corrected chi connectivity index (χ4v) is 3.69.